The van der Waals surface area contributed by atoms with E-state index in [0.29, 0.717) is 17.9 Å². The third kappa shape index (κ3) is 2.64. The van der Waals surface area contributed by atoms with Crippen LogP contribution in [-0.4, -0.2) is 23.3 Å². The maximum absolute atomic E-state index is 13.8. The Morgan fingerprint density at radius 1 is 0.812 bits per heavy atom. The second-order valence-electron chi connectivity index (χ2n) is 8.52. The first-order valence-corrected chi connectivity index (χ1v) is 11.0. The molecule has 3 aromatic carbocycles. The van der Waals surface area contributed by atoms with Crippen molar-refractivity contribution in [1.82, 2.24) is 4.90 Å². The van der Waals surface area contributed by atoms with Gasteiger partial charge in [-0.2, -0.15) is 0 Å². The standard InChI is InChI=1S/C27H23N3O2/c1-18-22-14-8-11-20-15-16-28(23(20)22)24-25(30(18)21-12-6-3-7-13-21)27(32)29(26(24)31)17-19-9-4-2-5-10-19/h2-14,18H,15-17H2,1H3. The Kier molecular flexibility index (Phi) is 4.18. The summed E-state index contributed by atoms with van der Waals surface area (Å²) in [6.45, 7) is 3.09. The molecule has 0 fully saturated rings. The quantitative estimate of drug-likeness (QED) is 0.588. The molecule has 1 atom stereocenters. The van der Waals surface area contributed by atoms with E-state index < -0.39 is 0 Å². The van der Waals surface area contributed by atoms with Crippen molar-refractivity contribution in [1.29, 1.82) is 0 Å². The summed E-state index contributed by atoms with van der Waals surface area (Å²) < 4.78 is 0. The van der Waals surface area contributed by atoms with Gasteiger partial charge >= 0.3 is 0 Å². The molecule has 0 spiro atoms. The van der Waals surface area contributed by atoms with Gasteiger partial charge in [0.05, 0.1) is 12.6 Å². The van der Waals surface area contributed by atoms with Crippen LogP contribution >= 0.6 is 0 Å². The van der Waals surface area contributed by atoms with Crippen molar-refractivity contribution in [2.24, 2.45) is 0 Å². The maximum Gasteiger partial charge on any atom is 0.280 e. The zero-order valence-corrected chi connectivity index (χ0v) is 17.9. The van der Waals surface area contributed by atoms with E-state index in [4.69, 9.17) is 0 Å². The van der Waals surface area contributed by atoms with E-state index in [1.54, 1.807) is 0 Å². The Hall–Kier alpha value is -3.86. The highest BCUT2D eigenvalue weighted by atomic mass is 16.2. The normalized spacial score (nSPS) is 19.4. The van der Waals surface area contributed by atoms with Crippen molar-refractivity contribution in [2.75, 3.05) is 16.3 Å². The lowest BCUT2D eigenvalue weighted by atomic mass is 10.0. The molecule has 0 radical (unpaired) electrons. The number of fused-ring (bicyclic) bond motifs is 1. The van der Waals surface area contributed by atoms with E-state index in [1.165, 1.54) is 10.5 Å². The van der Waals surface area contributed by atoms with Crippen LogP contribution < -0.4 is 9.80 Å². The summed E-state index contributed by atoms with van der Waals surface area (Å²) in [5, 5.41) is 0. The Morgan fingerprint density at radius 2 is 1.50 bits per heavy atom. The molecule has 6 rings (SSSR count). The highest BCUT2D eigenvalue weighted by molar-refractivity contribution is 6.22. The molecule has 2 amide bonds. The average molecular weight is 422 g/mol. The van der Waals surface area contributed by atoms with Crippen LogP contribution in [0.25, 0.3) is 0 Å². The van der Waals surface area contributed by atoms with Gasteiger partial charge in [0.2, 0.25) is 0 Å². The van der Waals surface area contributed by atoms with Crippen LogP contribution in [0.4, 0.5) is 11.4 Å². The Morgan fingerprint density at radius 3 is 2.25 bits per heavy atom. The first-order chi connectivity index (χ1) is 15.6. The van der Waals surface area contributed by atoms with Crippen LogP contribution in [0.1, 0.15) is 29.7 Å². The van der Waals surface area contributed by atoms with Gasteiger partial charge in [-0.05, 0) is 42.2 Å². The van der Waals surface area contributed by atoms with E-state index in [2.05, 4.69) is 34.9 Å². The summed E-state index contributed by atoms with van der Waals surface area (Å²) in [7, 11) is 0. The molecule has 3 aliphatic rings. The number of imide groups is 1. The average Bonchev–Trinajstić information content (AvgIpc) is 3.31. The summed E-state index contributed by atoms with van der Waals surface area (Å²) in [4.78, 5) is 33.2. The van der Waals surface area contributed by atoms with Crippen molar-refractivity contribution in [3.05, 3.63) is 107 Å². The van der Waals surface area contributed by atoms with Gasteiger partial charge in [0.15, 0.2) is 0 Å². The molecule has 5 heteroatoms. The maximum atomic E-state index is 13.8. The number of rotatable bonds is 3. The molecule has 3 heterocycles. The van der Waals surface area contributed by atoms with Crippen molar-refractivity contribution >= 4 is 23.2 Å². The van der Waals surface area contributed by atoms with E-state index in [9.17, 15) is 9.59 Å². The van der Waals surface area contributed by atoms with Crippen LogP contribution in [0.2, 0.25) is 0 Å². The minimum absolute atomic E-state index is 0.0890. The lowest BCUT2D eigenvalue weighted by Gasteiger charge is -2.31. The lowest BCUT2D eigenvalue weighted by Crippen LogP contribution is -2.37. The number of para-hydroxylation sites is 2. The number of anilines is 2. The summed E-state index contributed by atoms with van der Waals surface area (Å²) in [6, 6.07) is 25.9. The lowest BCUT2D eigenvalue weighted by molar-refractivity contribution is -0.138. The van der Waals surface area contributed by atoms with Crippen molar-refractivity contribution in [3.63, 3.8) is 0 Å². The number of benzene rings is 3. The molecule has 0 saturated heterocycles. The Bertz CT molecular complexity index is 1270. The SMILES string of the molecule is CC1c2cccc3c2N(CC3)C2=C(C(=O)N(Cc3ccccc3)C2=O)N1c1ccccc1. The predicted octanol–water partition coefficient (Wildman–Crippen LogP) is 4.41. The molecular formula is C27H23N3O2. The second kappa shape index (κ2) is 7.09. The minimum Gasteiger partial charge on any atom is -0.334 e. The monoisotopic (exact) mass is 421 g/mol. The number of nitrogens with zero attached hydrogens (tertiary/aromatic N) is 3. The summed E-state index contributed by atoms with van der Waals surface area (Å²) in [6.07, 6.45) is 0.873. The predicted molar refractivity (Wildman–Crippen MR) is 124 cm³/mol. The molecule has 0 N–H and O–H groups in total. The van der Waals surface area contributed by atoms with Crippen LogP contribution in [0, 0.1) is 0 Å². The smallest absolute Gasteiger partial charge is 0.280 e. The van der Waals surface area contributed by atoms with E-state index in [-0.39, 0.29) is 24.4 Å². The Labute approximate surface area is 187 Å². The molecule has 0 aliphatic carbocycles. The fraction of sp³-hybridized carbons (Fsp3) is 0.185. The minimum atomic E-state index is -0.231. The third-order valence-electron chi connectivity index (χ3n) is 6.71. The van der Waals surface area contributed by atoms with Crippen LogP contribution in [0.3, 0.4) is 0 Å². The molecule has 0 aromatic heterocycles. The summed E-state index contributed by atoms with van der Waals surface area (Å²) in [5.41, 5.74) is 6.31. The first-order valence-electron chi connectivity index (χ1n) is 11.0. The van der Waals surface area contributed by atoms with Crippen molar-refractivity contribution in [2.45, 2.75) is 25.9 Å². The van der Waals surface area contributed by atoms with Gasteiger partial charge in [0, 0.05) is 17.9 Å². The van der Waals surface area contributed by atoms with Gasteiger partial charge in [0.1, 0.15) is 11.4 Å². The van der Waals surface area contributed by atoms with Gasteiger partial charge in [-0.25, -0.2) is 0 Å². The number of carbonyl (C=O) groups excluding carboxylic acids is 2. The number of carbonyl (C=O) groups is 2. The first kappa shape index (κ1) is 18.9. The molecule has 5 nitrogen and oxygen atoms in total. The van der Waals surface area contributed by atoms with Gasteiger partial charge in [0.25, 0.3) is 11.8 Å². The molecule has 32 heavy (non-hydrogen) atoms. The van der Waals surface area contributed by atoms with Gasteiger partial charge in [-0.1, -0.05) is 66.7 Å². The molecule has 0 saturated carbocycles. The second-order valence-corrected chi connectivity index (χ2v) is 8.52. The highest BCUT2D eigenvalue weighted by Crippen LogP contribution is 2.47. The zero-order valence-electron chi connectivity index (χ0n) is 17.9. The van der Waals surface area contributed by atoms with Gasteiger partial charge in [-0.3, -0.25) is 14.5 Å². The van der Waals surface area contributed by atoms with Crippen LogP contribution in [0.15, 0.2) is 90.3 Å². The van der Waals surface area contributed by atoms with Crippen molar-refractivity contribution in [3.8, 4) is 0 Å². The van der Waals surface area contributed by atoms with Crippen LogP contribution in [-0.2, 0) is 22.6 Å². The van der Waals surface area contributed by atoms with E-state index in [0.717, 1.165) is 28.9 Å². The molecule has 1 unspecified atom stereocenters. The third-order valence-corrected chi connectivity index (χ3v) is 6.71. The largest absolute Gasteiger partial charge is 0.334 e. The van der Waals surface area contributed by atoms with Crippen molar-refractivity contribution < 1.29 is 9.59 Å². The molecular weight excluding hydrogens is 398 g/mol. The summed E-state index contributed by atoms with van der Waals surface area (Å²) >= 11 is 0. The highest BCUT2D eigenvalue weighted by Gasteiger charge is 2.49. The number of hydrogen-bond donors (Lipinski definition) is 0. The van der Waals surface area contributed by atoms with Crippen LogP contribution in [0.5, 0.6) is 0 Å². The molecule has 3 aliphatic heterocycles. The molecule has 3 aromatic rings. The molecule has 158 valence electrons. The summed E-state index contributed by atoms with van der Waals surface area (Å²) in [5.74, 6) is -0.447. The number of hydrogen-bond acceptors (Lipinski definition) is 4. The number of amides is 2. The van der Waals surface area contributed by atoms with Gasteiger partial charge < -0.3 is 9.80 Å². The van der Waals surface area contributed by atoms with Gasteiger partial charge in [-0.15, -0.1) is 0 Å². The van der Waals surface area contributed by atoms with E-state index >= 15 is 0 Å². The topological polar surface area (TPSA) is 43.9 Å². The Balaban J connectivity index is 1.54. The zero-order chi connectivity index (χ0) is 21.8. The molecule has 0 bridgehead atoms. The fourth-order valence-electron chi connectivity index (χ4n) is 5.24. The fourth-order valence-corrected chi connectivity index (χ4v) is 5.24. The van der Waals surface area contributed by atoms with E-state index in [1.807, 2.05) is 60.7 Å².